The van der Waals surface area contributed by atoms with E-state index in [4.69, 9.17) is 9.84 Å². The van der Waals surface area contributed by atoms with Crippen LogP contribution in [0.25, 0.3) is 0 Å². The summed E-state index contributed by atoms with van der Waals surface area (Å²) < 4.78 is 5.52. The number of amides is 1. The van der Waals surface area contributed by atoms with Gasteiger partial charge in [0, 0.05) is 11.6 Å². The third-order valence-corrected chi connectivity index (χ3v) is 3.11. The van der Waals surface area contributed by atoms with Crippen molar-refractivity contribution in [2.45, 2.75) is 19.6 Å². The molecular weight excluding hydrogens is 264 g/mol. The van der Waals surface area contributed by atoms with Gasteiger partial charge in [-0.1, -0.05) is 12.1 Å². The van der Waals surface area contributed by atoms with E-state index in [9.17, 15) is 4.79 Å². The van der Waals surface area contributed by atoms with E-state index in [-0.39, 0.29) is 12.5 Å². The molecule has 2 aromatic rings. The average Bonchev–Trinajstić information content (AvgIpc) is 2.91. The molecule has 0 aliphatic carbocycles. The number of aromatic nitrogens is 1. The van der Waals surface area contributed by atoms with E-state index in [0.29, 0.717) is 10.9 Å². The maximum atomic E-state index is 11.9. The molecule has 1 heterocycles. The van der Waals surface area contributed by atoms with Crippen molar-refractivity contribution in [1.82, 2.24) is 4.98 Å². The molecule has 5 nitrogen and oxygen atoms in total. The van der Waals surface area contributed by atoms with E-state index in [2.05, 4.69) is 10.3 Å². The van der Waals surface area contributed by atoms with Gasteiger partial charge in [0.05, 0.1) is 6.61 Å². The van der Waals surface area contributed by atoms with Crippen LogP contribution in [0.3, 0.4) is 0 Å². The Bertz CT molecular complexity index is 543. The van der Waals surface area contributed by atoms with Crippen molar-refractivity contribution in [3.63, 3.8) is 0 Å². The number of benzene rings is 1. The van der Waals surface area contributed by atoms with Crippen molar-refractivity contribution in [3.8, 4) is 5.75 Å². The molecule has 0 spiro atoms. The Morgan fingerprint density at radius 3 is 3.11 bits per heavy atom. The van der Waals surface area contributed by atoms with Gasteiger partial charge in [-0.25, -0.2) is 4.98 Å². The number of aliphatic hydroxyl groups is 1. The van der Waals surface area contributed by atoms with E-state index in [1.54, 1.807) is 42.8 Å². The highest BCUT2D eigenvalue weighted by molar-refractivity contribution is 7.13. The molecule has 2 rings (SSSR count). The van der Waals surface area contributed by atoms with Gasteiger partial charge < -0.3 is 9.84 Å². The van der Waals surface area contributed by atoms with Crippen molar-refractivity contribution < 1.29 is 14.6 Å². The summed E-state index contributed by atoms with van der Waals surface area (Å²) in [6.45, 7) is 1.60. The number of carbonyl (C=O) groups excluding carboxylic acids is 1. The lowest BCUT2D eigenvalue weighted by molar-refractivity contribution is -0.122. The molecule has 0 aliphatic rings. The van der Waals surface area contributed by atoms with E-state index < -0.39 is 6.10 Å². The maximum Gasteiger partial charge on any atom is 0.266 e. The lowest BCUT2D eigenvalue weighted by atomic mass is 10.2. The molecule has 0 bridgehead atoms. The highest BCUT2D eigenvalue weighted by Crippen LogP contribution is 2.16. The second-order valence-electron chi connectivity index (χ2n) is 3.89. The number of nitrogens with zero attached hydrogens (tertiary/aromatic N) is 1. The van der Waals surface area contributed by atoms with Crippen LogP contribution in [0, 0.1) is 0 Å². The first-order chi connectivity index (χ1) is 9.19. The number of nitrogens with one attached hydrogen (secondary N) is 1. The summed E-state index contributed by atoms with van der Waals surface area (Å²) in [5.41, 5.74) is 0.741. The van der Waals surface area contributed by atoms with Gasteiger partial charge in [-0.15, -0.1) is 11.3 Å². The van der Waals surface area contributed by atoms with E-state index >= 15 is 0 Å². The van der Waals surface area contributed by atoms with Gasteiger partial charge in [0.2, 0.25) is 0 Å². The Kier molecular flexibility index (Phi) is 4.48. The molecule has 0 saturated heterocycles. The van der Waals surface area contributed by atoms with Gasteiger partial charge in [-0.3, -0.25) is 10.1 Å². The van der Waals surface area contributed by atoms with Gasteiger partial charge in [-0.2, -0.15) is 0 Å². The van der Waals surface area contributed by atoms with Crippen molar-refractivity contribution in [2.75, 3.05) is 5.32 Å². The molecular formula is C13H14N2O3S. The van der Waals surface area contributed by atoms with Crippen LogP contribution in [0.4, 0.5) is 5.13 Å². The monoisotopic (exact) mass is 278 g/mol. The predicted octanol–water partition coefficient (Wildman–Crippen LogP) is 2.04. The minimum Gasteiger partial charge on any atom is -0.481 e. The predicted molar refractivity (Wildman–Crippen MR) is 73.2 cm³/mol. The number of thiazole rings is 1. The molecule has 1 aromatic heterocycles. The highest BCUT2D eigenvalue weighted by atomic mass is 32.1. The Balaban J connectivity index is 1.96. The number of rotatable bonds is 5. The fraction of sp³-hybridized carbons (Fsp3) is 0.231. The van der Waals surface area contributed by atoms with Crippen LogP contribution >= 0.6 is 11.3 Å². The van der Waals surface area contributed by atoms with Crippen LogP contribution in [-0.4, -0.2) is 22.1 Å². The third kappa shape index (κ3) is 3.77. The summed E-state index contributed by atoms with van der Waals surface area (Å²) >= 11 is 1.35. The van der Waals surface area contributed by atoms with Gasteiger partial charge >= 0.3 is 0 Å². The maximum absolute atomic E-state index is 11.9. The fourth-order valence-corrected chi connectivity index (χ4v) is 2.00. The topological polar surface area (TPSA) is 71.5 Å². The molecule has 19 heavy (non-hydrogen) atoms. The van der Waals surface area contributed by atoms with Crippen molar-refractivity contribution in [2.24, 2.45) is 0 Å². The summed E-state index contributed by atoms with van der Waals surface area (Å²) in [5.74, 6) is 0.290. The minimum absolute atomic E-state index is 0.0586. The lowest BCUT2D eigenvalue weighted by Gasteiger charge is -2.14. The second kappa shape index (κ2) is 6.31. The first kappa shape index (κ1) is 13.5. The van der Waals surface area contributed by atoms with Crippen molar-refractivity contribution >= 4 is 22.4 Å². The summed E-state index contributed by atoms with van der Waals surface area (Å²) in [7, 11) is 0. The second-order valence-corrected chi connectivity index (χ2v) is 4.79. The van der Waals surface area contributed by atoms with Gasteiger partial charge in [-0.05, 0) is 24.6 Å². The van der Waals surface area contributed by atoms with E-state index in [1.165, 1.54) is 11.3 Å². The fourth-order valence-electron chi connectivity index (χ4n) is 1.47. The third-order valence-electron chi connectivity index (χ3n) is 2.43. The van der Waals surface area contributed by atoms with E-state index in [1.807, 2.05) is 0 Å². The zero-order chi connectivity index (χ0) is 13.7. The van der Waals surface area contributed by atoms with Gasteiger partial charge in [0.15, 0.2) is 11.2 Å². The molecule has 0 radical (unpaired) electrons. The van der Waals surface area contributed by atoms with Gasteiger partial charge in [0.1, 0.15) is 5.75 Å². The number of ether oxygens (including phenoxy) is 1. The van der Waals surface area contributed by atoms with Crippen LogP contribution < -0.4 is 10.1 Å². The molecule has 0 fully saturated rings. The normalized spacial score (nSPS) is 11.9. The average molecular weight is 278 g/mol. The summed E-state index contributed by atoms with van der Waals surface area (Å²) in [4.78, 5) is 15.8. The van der Waals surface area contributed by atoms with Crippen molar-refractivity contribution in [3.05, 3.63) is 41.4 Å². The SMILES string of the molecule is CC(Oc1cccc(CO)c1)C(=O)Nc1nccs1. The largest absolute Gasteiger partial charge is 0.481 e. The summed E-state index contributed by atoms with van der Waals surface area (Å²) in [5, 5.41) is 14.0. The molecule has 2 N–H and O–H groups in total. The molecule has 0 saturated carbocycles. The first-order valence-corrected chi connectivity index (χ1v) is 6.64. The minimum atomic E-state index is -0.641. The molecule has 1 amide bonds. The number of anilines is 1. The zero-order valence-electron chi connectivity index (χ0n) is 10.4. The standard InChI is InChI=1S/C13H14N2O3S/c1-9(12(17)15-13-14-5-6-19-13)18-11-4-2-3-10(7-11)8-16/h2-7,9,16H,8H2,1H3,(H,14,15,17). The Hall–Kier alpha value is -1.92. The van der Waals surface area contributed by atoms with Crippen molar-refractivity contribution in [1.29, 1.82) is 0 Å². The van der Waals surface area contributed by atoms with Crippen LogP contribution in [0.1, 0.15) is 12.5 Å². The highest BCUT2D eigenvalue weighted by Gasteiger charge is 2.15. The number of hydrogen-bond acceptors (Lipinski definition) is 5. The van der Waals surface area contributed by atoms with Crippen LogP contribution in [0.5, 0.6) is 5.75 Å². The lowest BCUT2D eigenvalue weighted by Crippen LogP contribution is -2.30. The number of hydrogen-bond donors (Lipinski definition) is 2. The first-order valence-electron chi connectivity index (χ1n) is 5.76. The molecule has 0 aliphatic heterocycles. The summed E-state index contributed by atoms with van der Waals surface area (Å²) in [6.07, 6.45) is 0.981. The molecule has 6 heteroatoms. The zero-order valence-corrected chi connectivity index (χ0v) is 11.2. The number of aliphatic hydroxyl groups excluding tert-OH is 1. The Morgan fingerprint density at radius 2 is 2.42 bits per heavy atom. The summed E-state index contributed by atoms with van der Waals surface area (Å²) in [6, 6.07) is 7.00. The molecule has 1 aromatic carbocycles. The smallest absolute Gasteiger partial charge is 0.266 e. The van der Waals surface area contributed by atoms with Crippen LogP contribution in [0.2, 0.25) is 0 Å². The van der Waals surface area contributed by atoms with Crippen LogP contribution in [-0.2, 0) is 11.4 Å². The van der Waals surface area contributed by atoms with E-state index in [0.717, 1.165) is 5.56 Å². The number of carbonyl (C=O) groups is 1. The molecule has 1 atom stereocenters. The Morgan fingerprint density at radius 1 is 1.58 bits per heavy atom. The van der Waals surface area contributed by atoms with Crippen LogP contribution in [0.15, 0.2) is 35.8 Å². The van der Waals surface area contributed by atoms with Gasteiger partial charge in [0.25, 0.3) is 5.91 Å². The molecule has 100 valence electrons. The quantitative estimate of drug-likeness (QED) is 0.878. The Labute approximate surface area is 114 Å². The molecule has 1 unspecified atom stereocenters.